The maximum Gasteiger partial charge on any atom is 0.147 e. The van der Waals surface area contributed by atoms with Gasteiger partial charge in [0.05, 0.1) is 11.4 Å². The van der Waals surface area contributed by atoms with Crippen molar-refractivity contribution in [1.29, 1.82) is 0 Å². The molecule has 1 saturated carbocycles. The van der Waals surface area contributed by atoms with E-state index in [4.69, 9.17) is 4.74 Å². The minimum absolute atomic E-state index is 0.144. The van der Waals surface area contributed by atoms with Crippen LogP contribution in [0.15, 0.2) is 0 Å². The van der Waals surface area contributed by atoms with E-state index in [-0.39, 0.29) is 17.4 Å². The third-order valence-electron chi connectivity index (χ3n) is 3.93. The third kappa shape index (κ3) is 5.40. The van der Waals surface area contributed by atoms with Crippen molar-refractivity contribution < 1.29 is 13.2 Å². The van der Waals surface area contributed by atoms with E-state index < -0.39 is 9.84 Å². The molecule has 0 aromatic rings. The molecule has 1 aliphatic rings. The van der Waals surface area contributed by atoms with E-state index in [9.17, 15) is 8.42 Å². The summed E-state index contributed by atoms with van der Waals surface area (Å²) in [6, 6.07) is 0.157. The minimum Gasteiger partial charge on any atom is -0.374 e. The summed E-state index contributed by atoms with van der Waals surface area (Å²) < 4.78 is 28.9. The first-order valence-electron chi connectivity index (χ1n) is 7.48. The lowest BCUT2D eigenvalue weighted by Crippen LogP contribution is -2.52. The molecule has 0 saturated heterocycles. The molecule has 5 heteroatoms. The van der Waals surface area contributed by atoms with E-state index >= 15 is 0 Å². The van der Waals surface area contributed by atoms with Crippen LogP contribution in [0.25, 0.3) is 0 Å². The smallest absolute Gasteiger partial charge is 0.147 e. The average Bonchev–Trinajstić information content (AvgIpc) is 2.78. The van der Waals surface area contributed by atoms with Crippen molar-refractivity contribution in [2.75, 3.05) is 25.2 Å². The molecule has 0 aliphatic heterocycles. The van der Waals surface area contributed by atoms with Gasteiger partial charge in [-0.15, -0.1) is 0 Å². The van der Waals surface area contributed by atoms with Crippen LogP contribution >= 0.6 is 0 Å². The van der Waals surface area contributed by atoms with Gasteiger partial charge in [0.25, 0.3) is 0 Å². The van der Waals surface area contributed by atoms with E-state index in [1.165, 1.54) is 19.1 Å². The normalized spacial score (nSPS) is 20.6. The van der Waals surface area contributed by atoms with Gasteiger partial charge in [0.2, 0.25) is 0 Å². The standard InChI is InChI=1S/C14H29NO3S/c1-4-11-15-13(8-12-19(3,16)17)14(18-5-2)9-6-7-10-14/h13,15H,4-12H2,1-3H3. The van der Waals surface area contributed by atoms with Crippen molar-refractivity contribution in [2.24, 2.45) is 0 Å². The predicted molar refractivity (Wildman–Crippen MR) is 79.2 cm³/mol. The van der Waals surface area contributed by atoms with Crippen molar-refractivity contribution in [2.45, 2.75) is 64.0 Å². The monoisotopic (exact) mass is 291 g/mol. The zero-order valence-electron chi connectivity index (χ0n) is 12.6. The van der Waals surface area contributed by atoms with E-state index in [1.54, 1.807) is 0 Å². The molecule has 1 atom stereocenters. The zero-order chi connectivity index (χ0) is 14.4. The molecule has 0 radical (unpaired) electrons. The molecule has 19 heavy (non-hydrogen) atoms. The van der Waals surface area contributed by atoms with Crippen LogP contribution in [0.5, 0.6) is 0 Å². The van der Waals surface area contributed by atoms with Gasteiger partial charge >= 0.3 is 0 Å². The Morgan fingerprint density at radius 2 is 1.89 bits per heavy atom. The molecular weight excluding hydrogens is 262 g/mol. The number of rotatable bonds is 9. The third-order valence-corrected chi connectivity index (χ3v) is 4.91. The van der Waals surface area contributed by atoms with Gasteiger partial charge in [0.1, 0.15) is 9.84 Å². The quantitative estimate of drug-likeness (QED) is 0.707. The number of hydrogen-bond donors (Lipinski definition) is 1. The number of hydrogen-bond acceptors (Lipinski definition) is 4. The van der Waals surface area contributed by atoms with Crippen molar-refractivity contribution >= 4 is 9.84 Å². The second kappa shape index (κ2) is 7.60. The van der Waals surface area contributed by atoms with Crippen LogP contribution in [0.1, 0.15) is 52.4 Å². The van der Waals surface area contributed by atoms with Gasteiger partial charge in [-0.05, 0) is 39.2 Å². The SMILES string of the molecule is CCCNC(CCS(C)(=O)=O)C1(OCC)CCCC1. The summed E-state index contributed by atoms with van der Waals surface area (Å²) in [4.78, 5) is 0. The summed E-state index contributed by atoms with van der Waals surface area (Å²) in [6.07, 6.45) is 7.48. The van der Waals surface area contributed by atoms with Crippen LogP contribution < -0.4 is 5.32 Å². The molecule has 1 aliphatic carbocycles. The highest BCUT2D eigenvalue weighted by molar-refractivity contribution is 7.90. The number of sulfone groups is 1. The Morgan fingerprint density at radius 1 is 1.26 bits per heavy atom. The van der Waals surface area contributed by atoms with Crippen molar-refractivity contribution in [1.82, 2.24) is 5.32 Å². The lowest BCUT2D eigenvalue weighted by atomic mass is 9.89. The van der Waals surface area contributed by atoms with Gasteiger partial charge in [-0.1, -0.05) is 19.8 Å². The lowest BCUT2D eigenvalue weighted by Gasteiger charge is -2.38. The molecule has 1 rings (SSSR count). The molecule has 0 aromatic carbocycles. The molecule has 1 fully saturated rings. The Kier molecular flexibility index (Phi) is 6.77. The molecule has 4 nitrogen and oxygen atoms in total. The highest BCUT2D eigenvalue weighted by Gasteiger charge is 2.41. The molecule has 0 spiro atoms. The highest BCUT2D eigenvalue weighted by atomic mass is 32.2. The van der Waals surface area contributed by atoms with Crippen LogP contribution in [0, 0.1) is 0 Å². The Balaban J connectivity index is 2.74. The Labute approximate surface area is 118 Å². The summed E-state index contributed by atoms with van der Waals surface area (Å²) in [5.74, 6) is 0.239. The van der Waals surface area contributed by atoms with Crippen LogP contribution in [0.4, 0.5) is 0 Å². The van der Waals surface area contributed by atoms with Crippen LogP contribution in [0.2, 0.25) is 0 Å². The van der Waals surface area contributed by atoms with E-state index in [1.807, 2.05) is 6.92 Å². The van der Waals surface area contributed by atoms with Crippen LogP contribution in [-0.4, -0.2) is 45.2 Å². The van der Waals surface area contributed by atoms with Crippen molar-refractivity contribution in [3.63, 3.8) is 0 Å². The summed E-state index contributed by atoms with van der Waals surface area (Å²) in [6.45, 7) is 5.77. The number of ether oxygens (including phenoxy) is 1. The van der Waals surface area contributed by atoms with Gasteiger partial charge in [-0.25, -0.2) is 8.42 Å². The Morgan fingerprint density at radius 3 is 2.37 bits per heavy atom. The van der Waals surface area contributed by atoms with Crippen LogP contribution in [0.3, 0.4) is 0 Å². The van der Waals surface area contributed by atoms with Crippen molar-refractivity contribution in [3.8, 4) is 0 Å². The maximum atomic E-state index is 11.4. The summed E-state index contributed by atoms with van der Waals surface area (Å²) in [5.41, 5.74) is -0.144. The second-order valence-corrected chi connectivity index (χ2v) is 7.89. The van der Waals surface area contributed by atoms with E-state index in [0.29, 0.717) is 13.0 Å². The summed E-state index contributed by atoms with van der Waals surface area (Å²) >= 11 is 0. The fraction of sp³-hybridized carbons (Fsp3) is 1.00. The lowest BCUT2D eigenvalue weighted by molar-refractivity contribution is -0.0619. The summed E-state index contributed by atoms with van der Waals surface area (Å²) in [5, 5.41) is 3.52. The fourth-order valence-electron chi connectivity index (χ4n) is 3.06. The van der Waals surface area contributed by atoms with Crippen molar-refractivity contribution in [3.05, 3.63) is 0 Å². The second-order valence-electron chi connectivity index (χ2n) is 5.63. The van der Waals surface area contributed by atoms with Gasteiger partial charge < -0.3 is 10.1 Å². The molecule has 0 aromatic heterocycles. The van der Waals surface area contributed by atoms with Gasteiger partial charge in [0.15, 0.2) is 0 Å². The predicted octanol–water partition coefficient (Wildman–Crippen LogP) is 2.14. The minimum atomic E-state index is -2.91. The largest absolute Gasteiger partial charge is 0.374 e. The zero-order valence-corrected chi connectivity index (χ0v) is 13.4. The molecule has 1 unspecified atom stereocenters. The molecule has 0 heterocycles. The molecule has 0 bridgehead atoms. The van der Waals surface area contributed by atoms with E-state index in [2.05, 4.69) is 12.2 Å². The molecule has 1 N–H and O–H groups in total. The van der Waals surface area contributed by atoms with Crippen LogP contribution in [-0.2, 0) is 14.6 Å². The first-order chi connectivity index (χ1) is 8.93. The number of nitrogens with one attached hydrogen (secondary N) is 1. The molecular formula is C14H29NO3S. The topological polar surface area (TPSA) is 55.4 Å². The molecule has 114 valence electrons. The van der Waals surface area contributed by atoms with E-state index in [0.717, 1.165) is 25.8 Å². The summed E-state index contributed by atoms with van der Waals surface area (Å²) in [7, 11) is -2.91. The first kappa shape index (κ1) is 16.9. The highest BCUT2D eigenvalue weighted by Crippen LogP contribution is 2.37. The van der Waals surface area contributed by atoms with Gasteiger partial charge in [0, 0.05) is 18.9 Å². The van der Waals surface area contributed by atoms with Gasteiger partial charge in [-0.3, -0.25) is 0 Å². The maximum absolute atomic E-state index is 11.4. The first-order valence-corrected chi connectivity index (χ1v) is 9.54. The fourth-order valence-corrected chi connectivity index (χ4v) is 3.72. The Hall–Kier alpha value is -0.130. The Bertz CT molecular complexity index is 348. The van der Waals surface area contributed by atoms with Gasteiger partial charge in [-0.2, -0.15) is 0 Å². The average molecular weight is 291 g/mol. The molecule has 0 amide bonds.